The molecule has 2 aromatic carbocycles. The summed E-state index contributed by atoms with van der Waals surface area (Å²) in [6, 6.07) is 16.3. The first-order valence-corrected chi connectivity index (χ1v) is 8.22. The largest absolute Gasteiger partial charge is 0.364 e. The van der Waals surface area contributed by atoms with Crippen LogP contribution in [0.5, 0.6) is 0 Å². The Hall–Kier alpha value is -1.95. The van der Waals surface area contributed by atoms with Crippen LogP contribution < -0.4 is 11.1 Å². The average Bonchev–Trinajstić information content (AvgIpc) is 2.81. The molecular weight excluding hydrogens is 342 g/mol. The lowest BCUT2D eigenvalue weighted by atomic mass is 10.1. The number of carbonyl (C=O) groups is 1. The molecular formula is C18H20ClN3OS. The predicted molar refractivity (Wildman–Crippen MR) is 102 cm³/mol. The van der Waals surface area contributed by atoms with Crippen LogP contribution in [0, 0.1) is 0 Å². The van der Waals surface area contributed by atoms with Gasteiger partial charge in [0.05, 0.1) is 4.90 Å². The Morgan fingerprint density at radius 3 is 2.54 bits per heavy atom. The molecule has 0 aliphatic carbocycles. The van der Waals surface area contributed by atoms with Gasteiger partial charge in [-0.3, -0.25) is 4.79 Å². The zero-order valence-corrected chi connectivity index (χ0v) is 15.2. The van der Waals surface area contributed by atoms with Gasteiger partial charge >= 0.3 is 0 Å². The number of nitrogens with one attached hydrogen (secondary N) is 1. The van der Waals surface area contributed by atoms with Gasteiger partial charge in [0.25, 0.3) is 5.91 Å². The van der Waals surface area contributed by atoms with Gasteiger partial charge in [0.15, 0.2) is 0 Å². The summed E-state index contributed by atoms with van der Waals surface area (Å²) in [5.74, 6) is -0.405. The van der Waals surface area contributed by atoms with E-state index in [-0.39, 0.29) is 12.4 Å². The van der Waals surface area contributed by atoms with Crippen molar-refractivity contribution in [3.8, 4) is 0 Å². The van der Waals surface area contributed by atoms with E-state index < -0.39 is 5.91 Å². The number of halogens is 1. The maximum absolute atomic E-state index is 12.0. The molecule has 0 atom stereocenters. The van der Waals surface area contributed by atoms with Gasteiger partial charge in [-0.2, -0.15) is 0 Å². The minimum atomic E-state index is -0.405. The summed E-state index contributed by atoms with van der Waals surface area (Å²) in [5, 5.41) is 4.22. The molecule has 0 bridgehead atoms. The van der Waals surface area contributed by atoms with Crippen molar-refractivity contribution in [1.82, 2.24) is 9.88 Å². The van der Waals surface area contributed by atoms with E-state index >= 15 is 0 Å². The highest BCUT2D eigenvalue weighted by Crippen LogP contribution is 2.38. The average molecular weight is 362 g/mol. The minimum absolute atomic E-state index is 0. The molecule has 0 fully saturated rings. The second kappa shape index (κ2) is 7.75. The van der Waals surface area contributed by atoms with Crippen molar-refractivity contribution in [3.63, 3.8) is 0 Å². The number of primary amides is 1. The molecule has 0 aliphatic heterocycles. The number of nitrogens with zero attached hydrogens (tertiary/aromatic N) is 1. The van der Waals surface area contributed by atoms with Gasteiger partial charge in [-0.1, -0.05) is 36.0 Å². The van der Waals surface area contributed by atoms with Crippen molar-refractivity contribution in [2.75, 3.05) is 7.05 Å². The molecule has 3 N–H and O–H groups in total. The molecule has 0 saturated carbocycles. The van der Waals surface area contributed by atoms with E-state index in [1.54, 1.807) is 11.8 Å². The van der Waals surface area contributed by atoms with E-state index in [1.165, 1.54) is 5.56 Å². The van der Waals surface area contributed by atoms with E-state index in [0.717, 1.165) is 27.2 Å². The fourth-order valence-corrected chi connectivity index (χ4v) is 3.90. The zero-order chi connectivity index (χ0) is 16.4. The number of fused-ring (bicyclic) bond motifs is 1. The Bertz CT molecular complexity index is 862. The van der Waals surface area contributed by atoms with Crippen LogP contribution in [-0.4, -0.2) is 17.5 Å². The molecule has 0 aliphatic rings. The number of aromatic nitrogens is 1. The topological polar surface area (TPSA) is 60.0 Å². The smallest absolute Gasteiger partial charge is 0.266 e. The molecule has 6 heteroatoms. The summed E-state index contributed by atoms with van der Waals surface area (Å²) in [6.45, 7) is 0.784. The second-order valence-corrected chi connectivity index (χ2v) is 6.48. The molecule has 1 amide bonds. The van der Waals surface area contributed by atoms with Gasteiger partial charge in [-0.15, -0.1) is 12.4 Å². The second-order valence-electron chi connectivity index (χ2n) is 5.40. The third-order valence-electron chi connectivity index (χ3n) is 3.79. The highest BCUT2D eigenvalue weighted by molar-refractivity contribution is 7.99. The first kappa shape index (κ1) is 18.4. The van der Waals surface area contributed by atoms with E-state index in [1.807, 2.05) is 55.1 Å². The molecule has 3 aromatic rings. The number of benzene rings is 2. The lowest BCUT2D eigenvalue weighted by Gasteiger charge is -2.04. The number of rotatable bonds is 5. The summed E-state index contributed by atoms with van der Waals surface area (Å²) < 4.78 is 1.88. The van der Waals surface area contributed by atoms with Gasteiger partial charge in [0.1, 0.15) is 5.69 Å². The minimum Gasteiger partial charge on any atom is -0.364 e. The molecule has 4 nitrogen and oxygen atoms in total. The maximum atomic E-state index is 12.0. The maximum Gasteiger partial charge on any atom is 0.266 e. The van der Waals surface area contributed by atoms with Gasteiger partial charge < -0.3 is 15.6 Å². The first-order chi connectivity index (χ1) is 11.1. The SMILES string of the molecule is CNCc1ccc2c(c1)c(Sc1ccccc1)c(C(N)=O)n2C.Cl. The third kappa shape index (κ3) is 3.43. The highest BCUT2D eigenvalue weighted by atomic mass is 35.5. The Morgan fingerprint density at radius 1 is 1.21 bits per heavy atom. The monoisotopic (exact) mass is 361 g/mol. The van der Waals surface area contributed by atoms with Crippen LogP contribution in [0.4, 0.5) is 0 Å². The lowest BCUT2D eigenvalue weighted by molar-refractivity contribution is 0.0990. The number of aryl methyl sites for hydroxylation is 1. The van der Waals surface area contributed by atoms with Crippen LogP contribution in [0.25, 0.3) is 10.9 Å². The molecule has 3 rings (SSSR count). The van der Waals surface area contributed by atoms with Gasteiger partial charge in [0.2, 0.25) is 0 Å². The Kier molecular flexibility index (Phi) is 5.94. The quantitative estimate of drug-likeness (QED) is 0.730. The summed E-state index contributed by atoms with van der Waals surface area (Å²) in [6.07, 6.45) is 0. The lowest BCUT2D eigenvalue weighted by Crippen LogP contribution is -2.16. The molecule has 0 unspecified atom stereocenters. The van der Waals surface area contributed by atoms with Crippen LogP contribution in [0.15, 0.2) is 58.3 Å². The number of hydrogen-bond acceptors (Lipinski definition) is 3. The van der Waals surface area contributed by atoms with E-state index in [9.17, 15) is 4.79 Å². The van der Waals surface area contributed by atoms with Gasteiger partial charge in [0, 0.05) is 29.4 Å². The summed E-state index contributed by atoms with van der Waals surface area (Å²) >= 11 is 1.58. The third-order valence-corrected chi connectivity index (χ3v) is 4.92. The van der Waals surface area contributed by atoms with Crippen LogP contribution in [0.1, 0.15) is 16.1 Å². The van der Waals surface area contributed by atoms with Crippen LogP contribution in [0.3, 0.4) is 0 Å². The fraction of sp³-hybridized carbons (Fsp3) is 0.167. The standard InChI is InChI=1S/C18H19N3OS.ClH/c1-20-11-12-8-9-15-14(10-12)17(16(18(19)22)21(15)2)23-13-6-4-3-5-7-13;/h3-10,20H,11H2,1-2H3,(H2,19,22);1H. The molecule has 126 valence electrons. The molecule has 24 heavy (non-hydrogen) atoms. The van der Waals surface area contributed by atoms with Gasteiger partial charge in [-0.25, -0.2) is 0 Å². The molecule has 1 heterocycles. The molecule has 0 spiro atoms. The van der Waals surface area contributed by atoms with Crippen molar-refractivity contribution >= 4 is 41.0 Å². The van der Waals surface area contributed by atoms with Crippen molar-refractivity contribution in [2.24, 2.45) is 12.8 Å². The Balaban J connectivity index is 0.00000208. The van der Waals surface area contributed by atoms with Crippen LogP contribution in [-0.2, 0) is 13.6 Å². The summed E-state index contributed by atoms with van der Waals surface area (Å²) in [5.41, 5.74) is 8.38. The van der Waals surface area contributed by atoms with Crippen molar-refractivity contribution in [3.05, 3.63) is 59.8 Å². The zero-order valence-electron chi connectivity index (χ0n) is 13.6. The first-order valence-electron chi connectivity index (χ1n) is 7.40. The van der Waals surface area contributed by atoms with Gasteiger partial charge in [-0.05, 0) is 36.9 Å². The van der Waals surface area contributed by atoms with Crippen molar-refractivity contribution in [2.45, 2.75) is 16.3 Å². The predicted octanol–water partition coefficient (Wildman–Crippen LogP) is 3.57. The highest BCUT2D eigenvalue weighted by Gasteiger charge is 2.20. The fourth-order valence-electron chi connectivity index (χ4n) is 2.76. The summed E-state index contributed by atoms with van der Waals surface area (Å²) in [7, 11) is 3.80. The van der Waals surface area contributed by atoms with E-state index in [4.69, 9.17) is 5.73 Å². The van der Waals surface area contributed by atoms with E-state index in [0.29, 0.717) is 5.69 Å². The number of carbonyl (C=O) groups excluding carboxylic acids is 1. The van der Waals surface area contributed by atoms with Crippen molar-refractivity contribution < 1.29 is 4.79 Å². The number of nitrogens with two attached hydrogens (primary N) is 1. The molecule has 1 aromatic heterocycles. The number of hydrogen-bond donors (Lipinski definition) is 2. The Labute approximate surface area is 151 Å². The molecule has 0 saturated heterocycles. The van der Waals surface area contributed by atoms with Crippen LogP contribution in [0.2, 0.25) is 0 Å². The Morgan fingerprint density at radius 2 is 1.92 bits per heavy atom. The van der Waals surface area contributed by atoms with E-state index in [2.05, 4.69) is 17.4 Å². The van der Waals surface area contributed by atoms with Crippen molar-refractivity contribution in [1.29, 1.82) is 0 Å². The van der Waals surface area contributed by atoms with Crippen LogP contribution >= 0.6 is 24.2 Å². The number of amides is 1. The summed E-state index contributed by atoms with van der Waals surface area (Å²) in [4.78, 5) is 14.0. The molecule has 0 radical (unpaired) electrons. The normalized spacial score (nSPS) is 10.6.